The summed E-state index contributed by atoms with van der Waals surface area (Å²) < 4.78 is 36.4. The molecule has 0 saturated heterocycles. The number of hydrogen-bond acceptors (Lipinski definition) is 5. The van der Waals surface area contributed by atoms with Gasteiger partial charge in [-0.05, 0) is 47.5 Å². The van der Waals surface area contributed by atoms with E-state index in [0.29, 0.717) is 30.9 Å². The summed E-state index contributed by atoms with van der Waals surface area (Å²) in [4.78, 5) is 13.0. The second kappa shape index (κ2) is 9.27. The molecule has 1 amide bonds. The third-order valence-corrected chi connectivity index (χ3v) is 7.39. The molecular weight excluding hydrogens is 438 g/mol. The fourth-order valence-electron chi connectivity index (χ4n) is 3.65. The van der Waals surface area contributed by atoms with E-state index in [4.69, 9.17) is 9.47 Å². The van der Waals surface area contributed by atoms with Crippen LogP contribution in [0.25, 0.3) is 0 Å². The van der Waals surface area contributed by atoms with Crippen LogP contribution in [0.15, 0.2) is 77.7 Å². The highest BCUT2D eigenvalue weighted by Gasteiger charge is 2.24. The van der Waals surface area contributed by atoms with Crippen LogP contribution in [-0.2, 0) is 21.0 Å². The molecule has 0 atom stereocenters. The Morgan fingerprint density at radius 3 is 2.27 bits per heavy atom. The molecule has 0 fully saturated rings. The maximum absolute atomic E-state index is 12.7. The lowest BCUT2D eigenvalue weighted by Gasteiger charge is -2.28. The Balaban J connectivity index is 1.38. The van der Waals surface area contributed by atoms with E-state index in [2.05, 4.69) is 19.2 Å². The second-order valence-electron chi connectivity index (χ2n) is 8.69. The van der Waals surface area contributed by atoms with Crippen molar-refractivity contribution in [2.24, 2.45) is 0 Å². The van der Waals surface area contributed by atoms with E-state index >= 15 is 0 Å². The quantitative estimate of drug-likeness (QED) is 0.567. The van der Waals surface area contributed by atoms with Gasteiger partial charge in [0, 0.05) is 17.5 Å². The minimum atomic E-state index is -3.43. The summed E-state index contributed by atoms with van der Waals surface area (Å²) in [7, 11) is -3.43. The van der Waals surface area contributed by atoms with Crippen LogP contribution >= 0.6 is 0 Å². The van der Waals surface area contributed by atoms with Crippen molar-refractivity contribution in [2.45, 2.75) is 29.9 Å². The van der Waals surface area contributed by atoms with Crippen molar-refractivity contribution in [3.8, 4) is 11.5 Å². The first-order valence-electron chi connectivity index (χ1n) is 10.8. The minimum Gasteiger partial charge on any atom is -0.486 e. The van der Waals surface area contributed by atoms with Crippen molar-refractivity contribution >= 4 is 15.7 Å². The lowest BCUT2D eigenvalue weighted by molar-refractivity contribution is 0.0945. The zero-order valence-corrected chi connectivity index (χ0v) is 19.5. The van der Waals surface area contributed by atoms with Crippen molar-refractivity contribution < 1.29 is 22.7 Å². The van der Waals surface area contributed by atoms with Crippen molar-refractivity contribution in [2.75, 3.05) is 19.8 Å². The first kappa shape index (κ1) is 22.9. The molecule has 0 spiro atoms. The molecule has 1 aliphatic heterocycles. The van der Waals surface area contributed by atoms with Crippen LogP contribution in [-0.4, -0.2) is 34.1 Å². The van der Waals surface area contributed by atoms with Crippen molar-refractivity contribution in [1.29, 1.82) is 0 Å². The van der Waals surface area contributed by atoms with E-state index in [0.717, 1.165) is 17.1 Å². The fourth-order valence-corrected chi connectivity index (χ4v) is 5.02. The predicted octanol–water partition coefficient (Wildman–Crippen LogP) is 4.14. The van der Waals surface area contributed by atoms with E-state index in [1.165, 1.54) is 0 Å². The van der Waals surface area contributed by atoms with E-state index in [9.17, 15) is 13.2 Å². The number of nitrogens with one attached hydrogen (secondary N) is 1. The van der Waals surface area contributed by atoms with Gasteiger partial charge in [0.2, 0.25) is 0 Å². The van der Waals surface area contributed by atoms with Crippen LogP contribution in [0.3, 0.4) is 0 Å². The Morgan fingerprint density at radius 2 is 1.58 bits per heavy atom. The number of sulfone groups is 1. The number of carbonyl (C=O) groups excluding carboxylic acids is 1. The summed E-state index contributed by atoms with van der Waals surface area (Å²) in [5.41, 5.74) is 1.82. The smallest absolute Gasteiger partial charge is 0.251 e. The predicted molar refractivity (Wildman–Crippen MR) is 127 cm³/mol. The standard InChI is InChI=1S/C26H27NO5S/c1-26(2,21-12-13-23-24(16-21)32-15-14-31-23)18-27-25(28)20-10-8-19(9-11-20)17-33(29,30)22-6-4-3-5-7-22/h3-13,16H,14-15,17-18H2,1-2H3,(H,27,28). The summed E-state index contributed by atoms with van der Waals surface area (Å²) in [5, 5.41) is 2.98. The lowest BCUT2D eigenvalue weighted by Crippen LogP contribution is -2.36. The van der Waals surface area contributed by atoms with Crippen molar-refractivity contribution in [1.82, 2.24) is 5.32 Å². The highest BCUT2D eigenvalue weighted by atomic mass is 32.2. The Bertz CT molecular complexity index is 1240. The third kappa shape index (κ3) is 5.37. The molecule has 1 aliphatic rings. The molecule has 6 nitrogen and oxygen atoms in total. The summed E-state index contributed by atoms with van der Waals surface area (Å²) in [6.45, 7) is 5.60. The minimum absolute atomic E-state index is 0.115. The number of hydrogen-bond donors (Lipinski definition) is 1. The topological polar surface area (TPSA) is 81.7 Å². The number of benzene rings is 3. The van der Waals surface area contributed by atoms with Gasteiger partial charge in [0.05, 0.1) is 10.6 Å². The van der Waals surface area contributed by atoms with E-state index in [1.54, 1.807) is 54.6 Å². The van der Waals surface area contributed by atoms with Gasteiger partial charge in [-0.15, -0.1) is 0 Å². The van der Waals surface area contributed by atoms with Crippen LogP contribution in [0.4, 0.5) is 0 Å². The van der Waals surface area contributed by atoms with Gasteiger partial charge in [-0.25, -0.2) is 8.42 Å². The third-order valence-electron chi connectivity index (χ3n) is 5.69. The molecule has 172 valence electrons. The molecule has 0 aromatic heterocycles. The first-order valence-corrected chi connectivity index (χ1v) is 12.4. The van der Waals surface area contributed by atoms with Gasteiger partial charge >= 0.3 is 0 Å². The molecule has 0 saturated carbocycles. The Kier molecular flexibility index (Phi) is 6.42. The van der Waals surface area contributed by atoms with Crippen molar-refractivity contribution in [3.05, 3.63) is 89.5 Å². The molecule has 7 heteroatoms. The van der Waals surface area contributed by atoms with Gasteiger partial charge in [0.25, 0.3) is 5.91 Å². The monoisotopic (exact) mass is 465 g/mol. The van der Waals surface area contributed by atoms with Crippen LogP contribution in [0.2, 0.25) is 0 Å². The van der Waals surface area contributed by atoms with E-state index in [-0.39, 0.29) is 22.0 Å². The maximum Gasteiger partial charge on any atom is 0.251 e. The molecule has 3 aromatic carbocycles. The fraction of sp³-hybridized carbons (Fsp3) is 0.269. The molecule has 33 heavy (non-hydrogen) atoms. The van der Waals surface area contributed by atoms with Crippen molar-refractivity contribution in [3.63, 3.8) is 0 Å². The molecule has 0 radical (unpaired) electrons. The van der Waals surface area contributed by atoms with Gasteiger partial charge in [0.1, 0.15) is 13.2 Å². The summed E-state index contributed by atoms with van der Waals surface area (Å²) in [6, 6.07) is 20.9. The Labute approximate surface area is 194 Å². The maximum atomic E-state index is 12.7. The molecule has 3 aromatic rings. The van der Waals surface area contributed by atoms with Crippen LogP contribution in [0, 0.1) is 0 Å². The van der Waals surface area contributed by atoms with Gasteiger partial charge in [-0.1, -0.05) is 50.2 Å². The van der Waals surface area contributed by atoms with E-state index < -0.39 is 9.84 Å². The van der Waals surface area contributed by atoms with Gasteiger partial charge in [-0.3, -0.25) is 4.79 Å². The molecule has 0 aliphatic carbocycles. The summed E-state index contributed by atoms with van der Waals surface area (Å²) in [6.07, 6.45) is 0. The molecule has 0 bridgehead atoms. The lowest BCUT2D eigenvalue weighted by atomic mass is 9.84. The average molecular weight is 466 g/mol. The highest BCUT2D eigenvalue weighted by molar-refractivity contribution is 7.90. The van der Waals surface area contributed by atoms with Crippen LogP contribution < -0.4 is 14.8 Å². The first-order chi connectivity index (χ1) is 15.7. The molecule has 4 rings (SSSR count). The Hall–Kier alpha value is -3.32. The molecule has 1 heterocycles. The zero-order valence-electron chi connectivity index (χ0n) is 18.7. The van der Waals surface area contributed by atoms with Gasteiger partial charge in [0.15, 0.2) is 21.3 Å². The van der Waals surface area contributed by atoms with Crippen LogP contribution in [0.5, 0.6) is 11.5 Å². The number of fused-ring (bicyclic) bond motifs is 1. The van der Waals surface area contributed by atoms with Gasteiger partial charge < -0.3 is 14.8 Å². The Morgan fingerprint density at radius 1 is 0.909 bits per heavy atom. The summed E-state index contributed by atoms with van der Waals surface area (Å²) >= 11 is 0. The number of ether oxygens (including phenoxy) is 2. The summed E-state index contributed by atoms with van der Waals surface area (Å²) in [5.74, 6) is 1.13. The van der Waals surface area contributed by atoms with E-state index in [1.807, 2.05) is 18.2 Å². The molecular formula is C26H27NO5S. The second-order valence-corrected chi connectivity index (χ2v) is 10.7. The normalized spacial score (nSPS) is 13.4. The van der Waals surface area contributed by atoms with Gasteiger partial charge in [-0.2, -0.15) is 0 Å². The number of carbonyl (C=O) groups is 1. The number of amides is 1. The number of rotatable bonds is 7. The largest absolute Gasteiger partial charge is 0.486 e. The SMILES string of the molecule is CC(C)(CNC(=O)c1ccc(CS(=O)(=O)c2ccccc2)cc1)c1ccc2c(c1)OCCO2. The molecule has 0 unspecified atom stereocenters. The van der Waals surface area contributed by atoms with Crippen LogP contribution in [0.1, 0.15) is 35.3 Å². The zero-order chi connectivity index (χ0) is 23.5. The molecule has 1 N–H and O–H groups in total. The average Bonchev–Trinajstić information content (AvgIpc) is 2.83. The highest BCUT2D eigenvalue weighted by Crippen LogP contribution is 2.35.